The van der Waals surface area contributed by atoms with Crippen LogP contribution >= 0.6 is 0 Å². The number of rotatable bonds is 3. The van der Waals surface area contributed by atoms with Crippen LogP contribution in [0.3, 0.4) is 0 Å². The van der Waals surface area contributed by atoms with Gasteiger partial charge < -0.3 is 10.1 Å². The van der Waals surface area contributed by atoms with E-state index in [0.29, 0.717) is 12.1 Å². The summed E-state index contributed by atoms with van der Waals surface area (Å²) >= 11 is 0. The Balaban J connectivity index is 1.97. The fourth-order valence-corrected chi connectivity index (χ4v) is 2.59. The molecule has 1 N–H and O–H groups in total. The Morgan fingerprint density at radius 1 is 1.21 bits per heavy atom. The van der Waals surface area contributed by atoms with Crippen molar-refractivity contribution in [2.24, 2.45) is 0 Å². The van der Waals surface area contributed by atoms with Crippen molar-refractivity contribution in [3.63, 3.8) is 0 Å². The highest BCUT2D eigenvalue weighted by molar-refractivity contribution is 5.29. The second kappa shape index (κ2) is 6.06. The fraction of sp³-hybridized carbons (Fsp3) is 0.647. The van der Waals surface area contributed by atoms with E-state index < -0.39 is 0 Å². The first-order chi connectivity index (χ1) is 8.97. The number of ether oxygens (including phenoxy) is 1. The van der Waals surface area contributed by atoms with Crippen LogP contribution in [-0.2, 0) is 10.2 Å². The van der Waals surface area contributed by atoms with Crippen LogP contribution in [0.1, 0.15) is 57.7 Å². The molecule has 0 saturated carbocycles. The maximum absolute atomic E-state index is 5.52. The van der Waals surface area contributed by atoms with E-state index in [1.807, 2.05) is 0 Å². The normalized spacial score (nSPS) is 22.2. The van der Waals surface area contributed by atoms with E-state index in [2.05, 4.69) is 57.3 Å². The third-order valence-corrected chi connectivity index (χ3v) is 3.92. The van der Waals surface area contributed by atoms with E-state index in [0.717, 1.165) is 13.2 Å². The zero-order valence-corrected chi connectivity index (χ0v) is 12.7. The number of nitrogens with one attached hydrogen (secondary N) is 1. The molecule has 2 heteroatoms. The summed E-state index contributed by atoms with van der Waals surface area (Å²) in [4.78, 5) is 0. The first-order valence-corrected chi connectivity index (χ1v) is 7.41. The van der Waals surface area contributed by atoms with Gasteiger partial charge in [0.15, 0.2) is 0 Å². The predicted molar refractivity (Wildman–Crippen MR) is 80.5 cm³/mol. The van der Waals surface area contributed by atoms with Gasteiger partial charge in [-0.1, -0.05) is 45.0 Å². The topological polar surface area (TPSA) is 21.3 Å². The second-order valence-corrected chi connectivity index (χ2v) is 6.67. The SMILES string of the molecule is CC(NC1CCCOC1)c1ccc(C(C)(C)C)cc1. The van der Waals surface area contributed by atoms with Gasteiger partial charge in [-0.25, -0.2) is 0 Å². The van der Waals surface area contributed by atoms with E-state index in [1.165, 1.54) is 24.0 Å². The maximum Gasteiger partial charge on any atom is 0.0619 e. The standard InChI is InChI=1S/C17H27NO/c1-13(18-16-6-5-11-19-12-16)14-7-9-15(10-8-14)17(2,3)4/h7-10,13,16,18H,5-6,11-12H2,1-4H3. The van der Waals surface area contributed by atoms with Crippen molar-refractivity contribution in [3.05, 3.63) is 35.4 Å². The molecule has 0 bridgehead atoms. The van der Waals surface area contributed by atoms with Crippen molar-refractivity contribution in [2.45, 2.75) is 58.0 Å². The molecule has 2 rings (SSSR count). The van der Waals surface area contributed by atoms with Crippen molar-refractivity contribution in [2.75, 3.05) is 13.2 Å². The van der Waals surface area contributed by atoms with E-state index in [-0.39, 0.29) is 5.41 Å². The molecule has 19 heavy (non-hydrogen) atoms. The molecule has 1 heterocycles. The lowest BCUT2D eigenvalue weighted by atomic mass is 9.86. The molecule has 106 valence electrons. The smallest absolute Gasteiger partial charge is 0.0619 e. The Kier molecular flexibility index (Phi) is 4.64. The summed E-state index contributed by atoms with van der Waals surface area (Å²) in [5.74, 6) is 0. The highest BCUT2D eigenvalue weighted by Gasteiger charge is 2.18. The lowest BCUT2D eigenvalue weighted by Gasteiger charge is -2.27. The van der Waals surface area contributed by atoms with Crippen LogP contribution < -0.4 is 5.32 Å². The van der Waals surface area contributed by atoms with Gasteiger partial charge in [-0.05, 0) is 36.3 Å². The van der Waals surface area contributed by atoms with Crippen LogP contribution in [0, 0.1) is 0 Å². The van der Waals surface area contributed by atoms with Crippen molar-refractivity contribution in [1.29, 1.82) is 0 Å². The summed E-state index contributed by atoms with van der Waals surface area (Å²) in [6.45, 7) is 10.8. The predicted octanol–water partition coefficient (Wildman–Crippen LogP) is 3.81. The van der Waals surface area contributed by atoms with Crippen LogP contribution in [0.2, 0.25) is 0 Å². The number of hydrogen-bond acceptors (Lipinski definition) is 2. The van der Waals surface area contributed by atoms with Crippen molar-refractivity contribution >= 4 is 0 Å². The average molecular weight is 261 g/mol. The lowest BCUT2D eigenvalue weighted by molar-refractivity contribution is 0.0671. The van der Waals surface area contributed by atoms with Gasteiger partial charge in [0.1, 0.15) is 0 Å². The third kappa shape index (κ3) is 4.05. The molecule has 2 atom stereocenters. The van der Waals surface area contributed by atoms with E-state index in [4.69, 9.17) is 4.74 Å². The Morgan fingerprint density at radius 2 is 1.89 bits per heavy atom. The summed E-state index contributed by atoms with van der Waals surface area (Å²) in [6, 6.07) is 9.91. The molecule has 2 unspecified atom stereocenters. The lowest BCUT2D eigenvalue weighted by Crippen LogP contribution is -2.38. The first kappa shape index (κ1) is 14.5. The van der Waals surface area contributed by atoms with Crippen LogP contribution in [-0.4, -0.2) is 19.3 Å². The maximum atomic E-state index is 5.52. The average Bonchev–Trinajstić information content (AvgIpc) is 2.39. The minimum Gasteiger partial charge on any atom is -0.380 e. The Bertz CT molecular complexity index is 385. The van der Waals surface area contributed by atoms with Crippen molar-refractivity contribution in [3.8, 4) is 0 Å². The molecule has 1 aromatic rings. The van der Waals surface area contributed by atoms with Gasteiger partial charge in [0, 0.05) is 18.7 Å². The van der Waals surface area contributed by atoms with Gasteiger partial charge in [0.25, 0.3) is 0 Å². The first-order valence-electron chi connectivity index (χ1n) is 7.41. The van der Waals surface area contributed by atoms with Gasteiger partial charge in [0.05, 0.1) is 6.61 Å². The zero-order chi connectivity index (χ0) is 13.9. The minimum absolute atomic E-state index is 0.229. The molecule has 1 aromatic carbocycles. The summed E-state index contributed by atoms with van der Waals surface area (Å²) in [5, 5.41) is 3.67. The molecule has 0 amide bonds. The van der Waals surface area contributed by atoms with Gasteiger partial charge in [-0.2, -0.15) is 0 Å². The zero-order valence-electron chi connectivity index (χ0n) is 12.7. The largest absolute Gasteiger partial charge is 0.380 e. The molecule has 0 spiro atoms. The summed E-state index contributed by atoms with van der Waals surface area (Å²) in [7, 11) is 0. The molecule has 1 aliphatic heterocycles. The molecule has 0 radical (unpaired) electrons. The highest BCUT2D eigenvalue weighted by Crippen LogP contribution is 2.24. The molecule has 2 nitrogen and oxygen atoms in total. The molecule has 1 fully saturated rings. The van der Waals surface area contributed by atoms with Crippen LogP contribution in [0.5, 0.6) is 0 Å². The summed E-state index contributed by atoms with van der Waals surface area (Å²) in [5.41, 5.74) is 2.98. The molecule has 0 aliphatic carbocycles. The molecule has 1 saturated heterocycles. The second-order valence-electron chi connectivity index (χ2n) is 6.67. The van der Waals surface area contributed by atoms with E-state index >= 15 is 0 Å². The van der Waals surface area contributed by atoms with Crippen molar-refractivity contribution < 1.29 is 4.74 Å². The van der Waals surface area contributed by atoms with Gasteiger partial charge in [0.2, 0.25) is 0 Å². The van der Waals surface area contributed by atoms with Gasteiger partial charge in [-0.3, -0.25) is 0 Å². The van der Waals surface area contributed by atoms with E-state index in [9.17, 15) is 0 Å². The monoisotopic (exact) mass is 261 g/mol. The minimum atomic E-state index is 0.229. The van der Waals surface area contributed by atoms with Crippen LogP contribution in [0.4, 0.5) is 0 Å². The Labute approximate surface area is 117 Å². The third-order valence-electron chi connectivity index (χ3n) is 3.92. The molecule has 0 aromatic heterocycles. The number of hydrogen-bond donors (Lipinski definition) is 1. The summed E-state index contributed by atoms with van der Waals surface area (Å²) < 4.78 is 5.52. The highest BCUT2D eigenvalue weighted by atomic mass is 16.5. The van der Waals surface area contributed by atoms with Crippen LogP contribution in [0.25, 0.3) is 0 Å². The van der Waals surface area contributed by atoms with Crippen LogP contribution in [0.15, 0.2) is 24.3 Å². The van der Waals surface area contributed by atoms with Gasteiger partial charge in [-0.15, -0.1) is 0 Å². The molecular formula is C17H27NO. The van der Waals surface area contributed by atoms with Gasteiger partial charge >= 0.3 is 0 Å². The Hall–Kier alpha value is -0.860. The fourth-order valence-electron chi connectivity index (χ4n) is 2.59. The summed E-state index contributed by atoms with van der Waals surface area (Å²) in [6.07, 6.45) is 2.40. The van der Waals surface area contributed by atoms with Crippen molar-refractivity contribution in [1.82, 2.24) is 5.32 Å². The Morgan fingerprint density at radius 3 is 2.42 bits per heavy atom. The molecular weight excluding hydrogens is 234 g/mol. The molecule has 1 aliphatic rings. The number of benzene rings is 1. The van der Waals surface area contributed by atoms with E-state index in [1.54, 1.807) is 0 Å². The quantitative estimate of drug-likeness (QED) is 0.893.